The smallest absolute Gasteiger partial charge is 0.485 e. The van der Waals surface area contributed by atoms with Crippen LogP contribution in [0.4, 0.5) is 13.2 Å². The largest absolute Gasteiger partial charge is 0.573 e. The Kier molecular flexibility index (Phi) is 9.74. The summed E-state index contributed by atoms with van der Waals surface area (Å²) in [6.45, 7) is 3.40. The summed E-state index contributed by atoms with van der Waals surface area (Å²) in [6.07, 6.45) is -4.52. The summed E-state index contributed by atoms with van der Waals surface area (Å²) in [5.74, 6) is -0.973. The van der Waals surface area contributed by atoms with Crippen LogP contribution in [0.2, 0.25) is 0 Å². The zero-order valence-electron chi connectivity index (χ0n) is 22.9. The Morgan fingerprint density at radius 3 is 2.31 bits per heavy atom. The fourth-order valence-corrected chi connectivity index (χ4v) is 4.07. The number of hydrogen-bond acceptors (Lipinski definition) is 7. The van der Waals surface area contributed by atoms with E-state index in [9.17, 15) is 22.8 Å². The van der Waals surface area contributed by atoms with E-state index in [-0.39, 0.29) is 43.4 Å². The number of rotatable bonds is 11. The van der Waals surface area contributed by atoms with Crippen LogP contribution in [0.3, 0.4) is 0 Å². The van der Waals surface area contributed by atoms with Crippen molar-refractivity contribution in [2.75, 3.05) is 13.2 Å². The number of carbonyl (C=O) groups excluding carboxylic acids is 2. The average molecular weight is 580 g/mol. The topological polar surface area (TPSA) is 99.6 Å². The summed E-state index contributed by atoms with van der Waals surface area (Å²) in [5.41, 5.74) is 3.35. The van der Waals surface area contributed by atoms with Crippen LogP contribution in [0.5, 0.6) is 11.5 Å². The molecule has 1 heterocycles. The molecule has 11 heteroatoms. The third kappa shape index (κ3) is 8.53. The Morgan fingerprint density at radius 1 is 0.881 bits per heavy atom. The fraction of sp³-hybridized carbons (Fsp3) is 0.226. The zero-order valence-corrected chi connectivity index (χ0v) is 22.9. The summed E-state index contributed by atoms with van der Waals surface area (Å²) in [6, 6.07) is 22.2. The van der Waals surface area contributed by atoms with Crippen LogP contribution < -0.4 is 14.8 Å². The monoisotopic (exact) mass is 579 g/mol. The molecule has 0 aliphatic carbocycles. The van der Waals surface area contributed by atoms with E-state index in [0.29, 0.717) is 22.6 Å². The highest BCUT2D eigenvalue weighted by atomic mass is 19.4. The lowest BCUT2D eigenvalue weighted by atomic mass is 10.0. The number of nitrogens with one attached hydrogen (secondary N) is 1. The lowest BCUT2D eigenvalue weighted by Crippen LogP contribution is -2.32. The fourth-order valence-electron chi connectivity index (χ4n) is 4.07. The van der Waals surface area contributed by atoms with Crippen molar-refractivity contribution in [3.05, 3.63) is 107 Å². The first-order valence-electron chi connectivity index (χ1n) is 13.0. The highest BCUT2D eigenvalue weighted by Gasteiger charge is 2.31. The Morgan fingerprint density at radius 2 is 1.62 bits per heavy atom. The standard InChI is InChI=1S/C31H28F3N3O5/c1-3-40-27(38)18-35-30(39)28-29(41-19-22-8-5-4-6-9-22)20(2)36-26(37-28)16-21-12-14-23(15-13-21)24-10-7-11-25(17-24)42-31(32,33)34/h4-15,17H,3,16,18-19H2,1-2H3,(H,35,39). The van der Waals surface area contributed by atoms with Crippen molar-refractivity contribution in [1.82, 2.24) is 15.3 Å². The lowest BCUT2D eigenvalue weighted by Gasteiger charge is -2.15. The van der Waals surface area contributed by atoms with Gasteiger partial charge in [0.05, 0.1) is 12.3 Å². The van der Waals surface area contributed by atoms with Gasteiger partial charge < -0.3 is 19.5 Å². The van der Waals surface area contributed by atoms with Crippen LogP contribution >= 0.6 is 0 Å². The summed E-state index contributed by atoms with van der Waals surface area (Å²) in [5, 5.41) is 2.52. The second-order valence-corrected chi connectivity index (χ2v) is 9.11. The summed E-state index contributed by atoms with van der Waals surface area (Å²) in [7, 11) is 0. The van der Waals surface area contributed by atoms with Gasteiger partial charge in [-0.15, -0.1) is 13.2 Å². The lowest BCUT2D eigenvalue weighted by molar-refractivity contribution is -0.274. The van der Waals surface area contributed by atoms with E-state index in [1.165, 1.54) is 18.2 Å². The van der Waals surface area contributed by atoms with Crippen LogP contribution in [-0.4, -0.2) is 41.4 Å². The molecule has 42 heavy (non-hydrogen) atoms. The molecule has 0 bridgehead atoms. The molecular weight excluding hydrogens is 551 g/mol. The van der Waals surface area contributed by atoms with E-state index in [0.717, 1.165) is 11.1 Å². The molecule has 4 rings (SSSR count). The summed E-state index contributed by atoms with van der Waals surface area (Å²) >= 11 is 0. The van der Waals surface area contributed by atoms with Gasteiger partial charge in [0.15, 0.2) is 11.4 Å². The minimum Gasteiger partial charge on any atom is -0.485 e. The number of aromatic nitrogens is 2. The number of ether oxygens (including phenoxy) is 3. The molecule has 4 aromatic rings. The van der Waals surface area contributed by atoms with Crippen molar-refractivity contribution in [1.29, 1.82) is 0 Å². The number of nitrogens with zero attached hydrogens (tertiary/aromatic N) is 2. The molecule has 1 aromatic heterocycles. The van der Waals surface area contributed by atoms with Gasteiger partial charge >= 0.3 is 12.3 Å². The van der Waals surface area contributed by atoms with Gasteiger partial charge in [-0.1, -0.05) is 66.7 Å². The molecule has 0 spiro atoms. The maximum atomic E-state index is 13.1. The van der Waals surface area contributed by atoms with E-state index in [2.05, 4.69) is 20.0 Å². The maximum Gasteiger partial charge on any atom is 0.573 e. The molecule has 0 saturated heterocycles. The first-order chi connectivity index (χ1) is 20.1. The highest BCUT2D eigenvalue weighted by Crippen LogP contribution is 2.29. The molecule has 0 saturated carbocycles. The highest BCUT2D eigenvalue weighted by molar-refractivity contribution is 5.96. The van der Waals surface area contributed by atoms with Gasteiger partial charge in [-0.25, -0.2) is 9.97 Å². The van der Waals surface area contributed by atoms with Gasteiger partial charge in [0.25, 0.3) is 5.91 Å². The molecule has 0 aliphatic heterocycles. The molecule has 0 radical (unpaired) electrons. The van der Waals surface area contributed by atoms with E-state index in [4.69, 9.17) is 9.47 Å². The number of hydrogen-bond donors (Lipinski definition) is 1. The molecular formula is C31H28F3N3O5. The molecule has 0 unspecified atom stereocenters. The van der Waals surface area contributed by atoms with Gasteiger partial charge in [-0.05, 0) is 48.2 Å². The van der Waals surface area contributed by atoms with Crippen LogP contribution in [0.15, 0.2) is 78.9 Å². The van der Waals surface area contributed by atoms with E-state index >= 15 is 0 Å². The van der Waals surface area contributed by atoms with E-state index < -0.39 is 18.2 Å². The predicted molar refractivity (Wildman–Crippen MR) is 148 cm³/mol. The molecule has 0 aliphatic rings. The van der Waals surface area contributed by atoms with E-state index in [1.54, 1.807) is 44.2 Å². The number of aryl methyl sites for hydroxylation is 1. The predicted octanol–water partition coefficient (Wildman–Crippen LogP) is 5.81. The Bertz CT molecular complexity index is 1530. The van der Waals surface area contributed by atoms with Crippen molar-refractivity contribution in [2.45, 2.75) is 33.2 Å². The van der Waals surface area contributed by atoms with Crippen LogP contribution in [0.1, 0.15) is 40.1 Å². The Labute approximate surface area is 240 Å². The number of alkyl halides is 3. The first kappa shape index (κ1) is 30.0. The average Bonchev–Trinajstić information content (AvgIpc) is 2.95. The molecule has 1 N–H and O–H groups in total. The second kappa shape index (κ2) is 13.6. The SMILES string of the molecule is CCOC(=O)CNC(=O)c1nc(Cc2ccc(-c3cccc(OC(F)(F)F)c3)cc2)nc(C)c1OCc1ccccc1. The molecule has 8 nitrogen and oxygen atoms in total. The summed E-state index contributed by atoms with van der Waals surface area (Å²) in [4.78, 5) is 33.9. The van der Waals surface area contributed by atoms with Gasteiger partial charge in [-0.2, -0.15) is 0 Å². The Balaban J connectivity index is 1.55. The third-order valence-corrected chi connectivity index (χ3v) is 5.94. The van der Waals surface area contributed by atoms with Crippen molar-refractivity contribution in [2.24, 2.45) is 0 Å². The van der Waals surface area contributed by atoms with Crippen LogP contribution in [-0.2, 0) is 22.6 Å². The number of esters is 1. The molecule has 1 amide bonds. The van der Waals surface area contributed by atoms with Crippen molar-refractivity contribution in [3.63, 3.8) is 0 Å². The molecule has 218 valence electrons. The van der Waals surface area contributed by atoms with Crippen LogP contribution in [0.25, 0.3) is 11.1 Å². The Hall–Kier alpha value is -4.93. The van der Waals surface area contributed by atoms with Crippen molar-refractivity contribution >= 4 is 11.9 Å². The molecule has 0 fully saturated rings. The normalized spacial score (nSPS) is 11.1. The van der Waals surface area contributed by atoms with Crippen molar-refractivity contribution < 1.29 is 37.0 Å². The van der Waals surface area contributed by atoms with Gasteiger partial charge in [0, 0.05) is 6.42 Å². The first-order valence-corrected chi connectivity index (χ1v) is 13.0. The summed E-state index contributed by atoms with van der Waals surface area (Å²) < 4.78 is 52.7. The quantitative estimate of drug-likeness (QED) is 0.224. The van der Waals surface area contributed by atoms with Gasteiger partial charge in [0.2, 0.25) is 0 Å². The minimum absolute atomic E-state index is 0.0178. The van der Waals surface area contributed by atoms with E-state index in [1.807, 2.05) is 30.3 Å². The number of carbonyl (C=O) groups is 2. The van der Waals surface area contributed by atoms with Crippen LogP contribution in [0, 0.1) is 6.92 Å². The number of benzene rings is 3. The number of amides is 1. The zero-order chi connectivity index (χ0) is 30.1. The maximum absolute atomic E-state index is 13.1. The second-order valence-electron chi connectivity index (χ2n) is 9.11. The third-order valence-electron chi connectivity index (χ3n) is 5.94. The van der Waals surface area contributed by atoms with Gasteiger partial charge in [0.1, 0.15) is 24.7 Å². The number of halogens is 3. The molecule has 3 aromatic carbocycles. The van der Waals surface area contributed by atoms with Crippen molar-refractivity contribution in [3.8, 4) is 22.6 Å². The molecule has 0 atom stereocenters. The van der Waals surface area contributed by atoms with Gasteiger partial charge in [-0.3, -0.25) is 9.59 Å². The minimum atomic E-state index is -4.78.